The van der Waals surface area contributed by atoms with E-state index in [0.29, 0.717) is 0 Å². The van der Waals surface area contributed by atoms with Crippen LogP contribution in [0.4, 0.5) is 0 Å². The predicted molar refractivity (Wildman–Crippen MR) is 107 cm³/mol. The van der Waals surface area contributed by atoms with Gasteiger partial charge >= 0.3 is 0 Å². The first-order valence-electron chi connectivity index (χ1n) is 10.8. The van der Waals surface area contributed by atoms with Crippen molar-refractivity contribution >= 4 is 0 Å². The number of piperidine rings is 1. The Morgan fingerprint density at radius 1 is 0.880 bits per heavy atom. The van der Waals surface area contributed by atoms with E-state index in [1.165, 1.54) is 71.5 Å². The first kappa shape index (κ1) is 21.1. The Morgan fingerprint density at radius 3 is 2.00 bits per heavy atom. The van der Waals surface area contributed by atoms with Gasteiger partial charge in [0.2, 0.25) is 0 Å². The van der Waals surface area contributed by atoms with Gasteiger partial charge in [-0.15, -0.1) is 0 Å². The van der Waals surface area contributed by atoms with E-state index in [1.807, 2.05) is 21.0 Å². The standard InChI is InChI=1S/C19H37N3O.C2H6/c1-16(2)21-6-4-17(5-7-21)14-20-8-10-22(11-9-20)19-12-18(13-19)15-23-3;1-2/h16-19H,4-15H2,1-3H3;1-2H3. The summed E-state index contributed by atoms with van der Waals surface area (Å²) in [7, 11) is 1.83. The van der Waals surface area contributed by atoms with Crippen molar-refractivity contribution in [2.45, 2.75) is 65.5 Å². The van der Waals surface area contributed by atoms with E-state index in [4.69, 9.17) is 4.74 Å². The third kappa shape index (κ3) is 6.20. The van der Waals surface area contributed by atoms with Gasteiger partial charge < -0.3 is 14.5 Å². The molecule has 2 aliphatic heterocycles. The summed E-state index contributed by atoms with van der Waals surface area (Å²) in [5.74, 6) is 1.76. The number of likely N-dealkylation sites (tertiary alicyclic amines) is 1. The Hall–Kier alpha value is -0.160. The third-order valence-electron chi connectivity index (χ3n) is 6.43. The van der Waals surface area contributed by atoms with E-state index in [2.05, 4.69) is 28.5 Å². The van der Waals surface area contributed by atoms with Crippen molar-refractivity contribution in [1.29, 1.82) is 0 Å². The molecule has 3 aliphatic rings. The van der Waals surface area contributed by atoms with Gasteiger partial charge in [0.1, 0.15) is 0 Å². The molecule has 4 nitrogen and oxygen atoms in total. The smallest absolute Gasteiger partial charge is 0.0491 e. The maximum atomic E-state index is 5.28. The molecular formula is C21H43N3O. The van der Waals surface area contributed by atoms with Gasteiger partial charge in [-0.2, -0.15) is 0 Å². The van der Waals surface area contributed by atoms with Crippen LogP contribution in [0.5, 0.6) is 0 Å². The van der Waals surface area contributed by atoms with Crippen molar-refractivity contribution < 1.29 is 4.74 Å². The summed E-state index contributed by atoms with van der Waals surface area (Å²) in [6.45, 7) is 18.7. The van der Waals surface area contributed by atoms with Crippen LogP contribution in [-0.4, -0.2) is 86.3 Å². The number of hydrogen-bond acceptors (Lipinski definition) is 4. The summed E-state index contributed by atoms with van der Waals surface area (Å²) in [6, 6.07) is 1.58. The molecule has 0 radical (unpaired) electrons. The molecular weight excluding hydrogens is 310 g/mol. The van der Waals surface area contributed by atoms with Gasteiger partial charge in [0.15, 0.2) is 0 Å². The number of methoxy groups -OCH3 is 1. The number of rotatable bonds is 6. The Morgan fingerprint density at radius 2 is 1.48 bits per heavy atom. The van der Waals surface area contributed by atoms with Crippen LogP contribution in [0.1, 0.15) is 53.4 Å². The topological polar surface area (TPSA) is 19.0 Å². The van der Waals surface area contributed by atoms with Crippen LogP contribution in [-0.2, 0) is 4.74 Å². The second kappa shape index (κ2) is 10.9. The van der Waals surface area contributed by atoms with Crippen LogP contribution in [0.3, 0.4) is 0 Å². The largest absolute Gasteiger partial charge is 0.384 e. The summed E-state index contributed by atoms with van der Waals surface area (Å²) in [5, 5.41) is 0. The average Bonchev–Trinajstić information content (AvgIpc) is 2.61. The molecule has 2 saturated heterocycles. The molecule has 148 valence electrons. The summed E-state index contributed by atoms with van der Waals surface area (Å²) >= 11 is 0. The number of hydrogen-bond donors (Lipinski definition) is 0. The minimum Gasteiger partial charge on any atom is -0.384 e. The lowest BCUT2D eigenvalue weighted by Crippen LogP contribution is -2.55. The SMILES string of the molecule is CC.COCC1CC(N2CCN(CC3CCN(C(C)C)CC3)CC2)C1. The van der Waals surface area contributed by atoms with Crippen LogP contribution in [0.25, 0.3) is 0 Å². The highest BCUT2D eigenvalue weighted by atomic mass is 16.5. The fourth-order valence-corrected chi connectivity index (χ4v) is 4.70. The molecule has 4 heteroatoms. The molecule has 1 saturated carbocycles. The molecule has 0 amide bonds. The van der Waals surface area contributed by atoms with Gasteiger partial charge in [0.25, 0.3) is 0 Å². The highest BCUT2D eigenvalue weighted by Crippen LogP contribution is 2.32. The molecule has 0 atom stereocenters. The molecule has 3 fully saturated rings. The third-order valence-corrected chi connectivity index (χ3v) is 6.43. The minimum atomic E-state index is 0.726. The van der Waals surface area contributed by atoms with Gasteiger partial charge in [-0.3, -0.25) is 4.90 Å². The molecule has 0 aromatic carbocycles. The van der Waals surface area contributed by atoms with E-state index in [0.717, 1.165) is 30.5 Å². The lowest BCUT2D eigenvalue weighted by Gasteiger charge is -2.47. The van der Waals surface area contributed by atoms with E-state index >= 15 is 0 Å². The van der Waals surface area contributed by atoms with Crippen LogP contribution in [0.15, 0.2) is 0 Å². The normalized spacial score (nSPS) is 30.0. The van der Waals surface area contributed by atoms with Gasteiger partial charge in [0.05, 0.1) is 0 Å². The van der Waals surface area contributed by atoms with Gasteiger partial charge in [0, 0.05) is 58.5 Å². The molecule has 0 unspecified atom stereocenters. The second-order valence-corrected chi connectivity index (χ2v) is 8.36. The molecule has 2 heterocycles. The summed E-state index contributed by atoms with van der Waals surface area (Å²) in [6.07, 6.45) is 5.53. The Labute approximate surface area is 156 Å². The molecule has 25 heavy (non-hydrogen) atoms. The van der Waals surface area contributed by atoms with Crippen molar-refractivity contribution in [3.63, 3.8) is 0 Å². The van der Waals surface area contributed by atoms with E-state index in [-0.39, 0.29) is 0 Å². The predicted octanol–water partition coefficient (Wildman–Crippen LogP) is 3.18. The Balaban J connectivity index is 0.00000109. The zero-order chi connectivity index (χ0) is 18.2. The van der Waals surface area contributed by atoms with E-state index < -0.39 is 0 Å². The van der Waals surface area contributed by atoms with E-state index in [1.54, 1.807) is 0 Å². The second-order valence-electron chi connectivity index (χ2n) is 8.36. The van der Waals surface area contributed by atoms with Crippen molar-refractivity contribution in [2.75, 3.05) is 59.5 Å². The van der Waals surface area contributed by atoms with Crippen LogP contribution in [0, 0.1) is 11.8 Å². The molecule has 0 N–H and O–H groups in total. The maximum absolute atomic E-state index is 5.28. The van der Waals surface area contributed by atoms with Gasteiger partial charge in [-0.05, 0) is 64.5 Å². The quantitative estimate of drug-likeness (QED) is 0.730. The Bertz CT molecular complexity index is 341. The van der Waals surface area contributed by atoms with Crippen molar-refractivity contribution in [1.82, 2.24) is 14.7 Å². The summed E-state index contributed by atoms with van der Waals surface area (Å²) in [4.78, 5) is 8.11. The molecule has 0 bridgehead atoms. The minimum absolute atomic E-state index is 0.726. The van der Waals surface area contributed by atoms with Gasteiger partial charge in [-0.1, -0.05) is 13.8 Å². The van der Waals surface area contributed by atoms with E-state index in [9.17, 15) is 0 Å². The first-order chi connectivity index (χ1) is 12.2. The van der Waals surface area contributed by atoms with Crippen LogP contribution in [0.2, 0.25) is 0 Å². The van der Waals surface area contributed by atoms with Crippen molar-refractivity contribution in [3.8, 4) is 0 Å². The number of ether oxygens (including phenoxy) is 1. The zero-order valence-corrected chi connectivity index (χ0v) is 17.5. The Kier molecular flexibility index (Phi) is 9.18. The highest BCUT2D eigenvalue weighted by molar-refractivity contribution is 4.89. The van der Waals surface area contributed by atoms with Crippen molar-refractivity contribution in [3.05, 3.63) is 0 Å². The summed E-state index contributed by atoms with van der Waals surface area (Å²) in [5.41, 5.74) is 0. The average molecular weight is 354 g/mol. The lowest BCUT2D eigenvalue weighted by atomic mass is 9.79. The van der Waals surface area contributed by atoms with Gasteiger partial charge in [-0.25, -0.2) is 0 Å². The molecule has 0 aromatic heterocycles. The molecule has 1 aliphatic carbocycles. The number of piperazine rings is 1. The number of nitrogens with zero attached hydrogens (tertiary/aromatic N) is 3. The molecule has 0 aromatic rings. The molecule has 3 rings (SSSR count). The highest BCUT2D eigenvalue weighted by Gasteiger charge is 2.35. The van der Waals surface area contributed by atoms with Crippen LogP contribution < -0.4 is 0 Å². The fourth-order valence-electron chi connectivity index (χ4n) is 4.70. The van der Waals surface area contributed by atoms with Crippen molar-refractivity contribution in [2.24, 2.45) is 11.8 Å². The maximum Gasteiger partial charge on any atom is 0.0491 e. The van der Waals surface area contributed by atoms with Crippen LogP contribution >= 0.6 is 0 Å². The lowest BCUT2D eigenvalue weighted by molar-refractivity contribution is 0.000759. The monoisotopic (exact) mass is 353 g/mol. The fraction of sp³-hybridized carbons (Fsp3) is 1.00. The summed E-state index contributed by atoms with van der Waals surface area (Å²) < 4.78 is 5.28. The molecule has 0 spiro atoms. The first-order valence-corrected chi connectivity index (χ1v) is 10.8. The zero-order valence-electron chi connectivity index (χ0n) is 17.5.